The molecule has 2 unspecified atom stereocenters. The molecule has 1 aromatic rings. The molecule has 0 amide bonds. The zero-order chi connectivity index (χ0) is 14.0. The number of benzene rings is 1. The second-order valence-corrected chi connectivity index (χ2v) is 7.60. The molecular formula is C13H18ClNO3S. The van der Waals surface area contributed by atoms with Crippen LogP contribution in [0.1, 0.15) is 19.4 Å². The van der Waals surface area contributed by atoms with Crippen molar-refractivity contribution in [3.05, 3.63) is 29.8 Å². The van der Waals surface area contributed by atoms with E-state index < -0.39 is 9.05 Å². The minimum Gasteiger partial charge on any atom is -0.373 e. The van der Waals surface area contributed by atoms with Crippen molar-refractivity contribution < 1.29 is 13.2 Å². The molecule has 2 atom stereocenters. The highest BCUT2D eigenvalue weighted by Crippen LogP contribution is 2.19. The maximum Gasteiger partial charge on any atom is 0.261 e. The summed E-state index contributed by atoms with van der Waals surface area (Å²) in [7, 11) is 1.70. The molecule has 1 aliphatic heterocycles. The van der Waals surface area contributed by atoms with Gasteiger partial charge in [-0.1, -0.05) is 12.1 Å². The van der Waals surface area contributed by atoms with Gasteiger partial charge in [-0.3, -0.25) is 4.90 Å². The molecular weight excluding hydrogens is 286 g/mol. The molecule has 0 aliphatic carbocycles. The van der Waals surface area contributed by atoms with Gasteiger partial charge < -0.3 is 4.74 Å². The van der Waals surface area contributed by atoms with Crippen molar-refractivity contribution in [2.24, 2.45) is 0 Å². The summed E-state index contributed by atoms with van der Waals surface area (Å²) in [6, 6.07) is 6.78. The molecule has 4 nitrogen and oxygen atoms in total. The zero-order valence-corrected chi connectivity index (χ0v) is 12.6. The highest BCUT2D eigenvalue weighted by atomic mass is 35.7. The van der Waals surface area contributed by atoms with E-state index in [1.807, 2.05) is 19.9 Å². The van der Waals surface area contributed by atoms with Crippen LogP contribution in [0.15, 0.2) is 29.2 Å². The summed E-state index contributed by atoms with van der Waals surface area (Å²) >= 11 is 0. The summed E-state index contributed by atoms with van der Waals surface area (Å²) in [5.74, 6) is 0. The van der Waals surface area contributed by atoms with Crippen LogP contribution in [-0.2, 0) is 20.3 Å². The largest absolute Gasteiger partial charge is 0.373 e. The molecule has 2 rings (SSSR count). The lowest BCUT2D eigenvalue weighted by atomic mass is 10.1. The molecule has 1 heterocycles. The number of hydrogen-bond acceptors (Lipinski definition) is 4. The third-order valence-corrected chi connectivity index (χ3v) is 4.43. The van der Waals surface area contributed by atoms with Crippen molar-refractivity contribution in [2.75, 3.05) is 13.1 Å². The average molecular weight is 304 g/mol. The minimum atomic E-state index is -3.66. The van der Waals surface area contributed by atoms with E-state index in [4.69, 9.17) is 15.4 Å². The van der Waals surface area contributed by atoms with Crippen LogP contribution in [-0.4, -0.2) is 38.6 Å². The summed E-state index contributed by atoms with van der Waals surface area (Å²) in [6.45, 7) is 6.49. The van der Waals surface area contributed by atoms with E-state index in [9.17, 15) is 8.42 Å². The average Bonchev–Trinajstić information content (AvgIpc) is 2.26. The molecule has 1 saturated heterocycles. The van der Waals surface area contributed by atoms with Gasteiger partial charge in [0.15, 0.2) is 0 Å². The summed E-state index contributed by atoms with van der Waals surface area (Å²) in [4.78, 5) is 2.42. The van der Waals surface area contributed by atoms with Crippen molar-refractivity contribution in [1.82, 2.24) is 4.90 Å². The summed E-state index contributed by atoms with van der Waals surface area (Å²) in [6.07, 6.45) is 0.396. The van der Waals surface area contributed by atoms with E-state index >= 15 is 0 Å². The number of nitrogens with zero attached hydrogens (tertiary/aromatic N) is 1. The van der Waals surface area contributed by atoms with Crippen LogP contribution in [0.2, 0.25) is 0 Å². The second kappa shape index (κ2) is 5.79. The molecule has 0 radical (unpaired) electrons. The molecule has 0 aromatic heterocycles. The lowest BCUT2D eigenvalue weighted by Crippen LogP contribution is -2.44. The third kappa shape index (κ3) is 4.18. The van der Waals surface area contributed by atoms with E-state index in [0.29, 0.717) is 6.54 Å². The number of hydrogen-bond donors (Lipinski definition) is 0. The highest BCUT2D eigenvalue weighted by molar-refractivity contribution is 8.13. The fraction of sp³-hybridized carbons (Fsp3) is 0.538. The Bertz CT molecular complexity index is 537. The topological polar surface area (TPSA) is 46.6 Å². The number of ether oxygens (including phenoxy) is 1. The van der Waals surface area contributed by atoms with Crippen LogP contribution in [0.25, 0.3) is 0 Å². The summed E-state index contributed by atoms with van der Waals surface area (Å²) in [5.41, 5.74) is 0.947. The summed E-state index contributed by atoms with van der Waals surface area (Å²) in [5, 5.41) is 0. The fourth-order valence-electron chi connectivity index (χ4n) is 2.47. The molecule has 0 spiro atoms. The van der Waals surface area contributed by atoms with Gasteiger partial charge in [0.2, 0.25) is 0 Å². The van der Waals surface area contributed by atoms with E-state index in [1.54, 1.807) is 12.1 Å². The van der Waals surface area contributed by atoms with Gasteiger partial charge in [0.25, 0.3) is 9.05 Å². The Balaban J connectivity index is 2.11. The molecule has 0 bridgehead atoms. The lowest BCUT2D eigenvalue weighted by Gasteiger charge is -2.35. The predicted molar refractivity (Wildman–Crippen MR) is 74.8 cm³/mol. The van der Waals surface area contributed by atoms with E-state index in [2.05, 4.69) is 4.90 Å². The van der Waals surface area contributed by atoms with Gasteiger partial charge in [-0.25, -0.2) is 8.42 Å². The van der Waals surface area contributed by atoms with Crippen molar-refractivity contribution in [1.29, 1.82) is 0 Å². The number of rotatable bonds is 3. The Morgan fingerprint density at radius 3 is 2.53 bits per heavy atom. The molecule has 6 heteroatoms. The fourth-order valence-corrected chi connectivity index (χ4v) is 3.29. The van der Waals surface area contributed by atoms with Gasteiger partial charge in [0.05, 0.1) is 17.1 Å². The molecule has 106 valence electrons. The van der Waals surface area contributed by atoms with Crippen LogP contribution >= 0.6 is 10.7 Å². The Hall–Kier alpha value is -0.620. The van der Waals surface area contributed by atoms with Crippen molar-refractivity contribution in [2.45, 2.75) is 37.5 Å². The molecule has 1 fully saturated rings. The molecule has 0 saturated carbocycles. The lowest BCUT2D eigenvalue weighted by molar-refractivity contribution is -0.0705. The zero-order valence-electron chi connectivity index (χ0n) is 11.0. The third-order valence-electron chi connectivity index (χ3n) is 3.08. The van der Waals surface area contributed by atoms with Crippen molar-refractivity contribution >= 4 is 19.7 Å². The van der Waals surface area contributed by atoms with Crippen molar-refractivity contribution in [3.63, 3.8) is 0 Å². The normalized spacial score (nSPS) is 25.4. The van der Waals surface area contributed by atoms with Gasteiger partial charge in [0, 0.05) is 30.3 Å². The van der Waals surface area contributed by atoms with Gasteiger partial charge >= 0.3 is 0 Å². The highest BCUT2D eigenvalue weighted by Gasteiger charge is 2.22. The first-order valence-corrected chi connectivity index (χ1v) is 8.57. The maximum absolute atomic E-state index is 11.3. The van der Waals surface area contributed by atoms with Gasteiger partial charge in [-0.05, 0) is 31.5 Å². The van der Waals surface area contributed by atoms with Crippen molar-refractivity contribution in [3.8, 4) is 0 Å². The first kappa shape index (κ1) is 14.8. The Morgan fingerprint density at radius 1 is 1.32 bits per heavy atom. The van der Waals surface area contributed by atoms with Crippen LogP contribution in [0.5, 0.6) is 0 Å². The molecule has 1 aliphatic rings. The van der Waals surface area contributed by atoms with Gasteiger partial charge in [-0.2, -0.15) is 0 Å². The second-order valence-electron chi connectivity index (χ2n) is 5.04. The standard InChI is InChI=1S/C13H18ClNO3S/c1-10-7-15(8-11(2)18-10)9-12-4-3-5-13(6-12)19(14,16)17/h3-6,10-11H,7-9H2,1-2H3. The molecule has 0 N–H and O–H groups in total. The Labute approximate surface area is 118 Å². The molecule has 1 aromatic carbocycles. The van der Waals surface area contributed by atoms with E-state index in [1.165, 1.54) is 6.07 Å². The SMILES string of the molecule is CC1CN(Cc2cccc(S(=O)(=O)Cl)c2)CC(C)O1. The predicted octanol–water partition coefficient (Wildman–Crippen LogP) is 2.22. The number of halogens is 1. The minimum absolute atomic E-state index is 0.154. The Morgan fingerprint density at radius 2 is 1.95 bits per heavy atom. The smallest absolute Gasteiger partial charge is 0.261 e. The van der Waals surface area contributed by atoms with E-state index in [0.717, 1.165) is 18.7 Å². The van der Waals surface area contributed by atoms with Crippen LogP contribution < -0.4 is 0 Å². The molecule has 19 heavy (non-hydrogen) atoms. The first-order valence-electron chi connectivity index (χ1n) is 6.26. The van der Waals surface area contributed by atoms with E-state index in [-0.39, 0.29) is 17.1 Å². The van der Waals surface area contributed by atoms with Crippen LogP contribution in [0.4, 0.5) is 0 Å². The quantitative estimate of drug-likeness (QED) is 0.803. The van der Waals surface area contributed by atoms with Crippen LogP contribution in [0, 0.1) is 0 Å². The Kier molecular flexibility index (Phi) is 4.50. The van der Waals surface area contributed by atoms with Gasteiger partial charge in [0.1, 0.15) is 0 Å². The summed E-state index contributed by atoms with van der Waals surface area (Å²) < 4.78 is 28.3. The number of morpholine rings is 1. The van der Waals surface area contributed by atoms with Gasteiger partial charge in [-0.15, -0.1) is 0 Å². The first-order chi connectivity index (χ1) is 8.84. The monoisotopic (exact) mass is 303 g/mol. The maximum atomic E-state index is 11.3. The van der Waals surface area contributed by atoms with Crippen LogP contribution in [0.3, 0.4) is 0 Å².